The standard InChI is InChI=1S/C27H26FN3O3S/c1-31-27(34-18-19-12-13-20-8-3-4-9-21(20)16-19)23(17-29-31)26(32)22-10-7-11-24(25(22)28)30-35(33)14-5-2-6-15-35/h3-4,7-13,16-17H,2,5-6,14-15,18H2,1H3. The van der Waals surface area contributed by atoms with Crippen molar-refractivity contribution < 1.29 is 18.1 Å². The fraction of sp³-hybridized carbons (Fsp3) is 0.259. The monoisotopic (exact) mass is 491 g/mol. The van der Waals surface area contributed by atoms with E-state index in [4.69, 9.17) is 4.74 Å². The molecule has 180 valence electrons. The number of hydrogen-bond donors (Lipinski definition) is 0. The summed E-state index contributed by atoms with van der Waals surface area (Å²) in [5.41, 5.74) is 0.913. The first-order valence-corrected chi connectivity index (χ1v) is 13.5. The summed E-state index contributed by atoms with van der Waals surface area (Å²) >= 11 is 0. The predicted octanol–water partition coefficient (Wildman–Crippen LogP) is 5.81. The molecule has 0 unspecified atom stereocenters. The second kappa shape index (κ2) is 9.62. The maximum absolute atomic E-state index is 15.4. The minimum Gasteiger partial charge on any atom is -0.472 e. The molecular weight excluding hydrogens is 465 g/mol. The second-order valence-corrected chi connectivity index (χ2v) is 11.3. The predicted molar refractivity (Wildman–Crippen MR) is 135 cm³/mol. The number of hydrogen-bond acceptors (Lipinski definition) is 5. The Morgan fingerprint density at radius 1 is 1.03 bits per heavy atom. The van der Waals surface area contributed by atoms with Crippen LogP contribution >= 0.6 is 0 Å². The van der Waals surface area contributed by atoms with Gasteiger partial charge in [0.25, 0.3) is 0 Å². The molecule has 8 heteroatoms. The molecule has 0 N–H and O–H groups in total. The van der Waals surface area contributed by atoms with E-state index in [9.17, 15) is 9.00 Å². The van der Waals surface area contributed by atoms with Crippen molar-refractivity contribution in [3.8, 4) is 5.88 Å². The first kappa shape index (κ1) is 23.2. The van der Waals surface area contributed by atoms with Crippen LogP contribution in [0.5, 0.6) is 5.88 Å². The molecule has 0 saturated carbocycles. The summed E-state index contributed by atoms with van der Waals surface area (Å²) in [6, 6.07) is 18.5. The quantitative estimate of drug-likeness (QED) is 0.319. The molecule has 0 amide bonds. The van der Waals surface area contributed by atoms with Gasteiger partial charge in [-0.15, -0.1) is 0 Å². The molecular formula is C27H26FN3O3S. The van der Waals surface area contributed by atoms with Crippen molar-refractivity contribution in [3.63, 3.8) is 0 Å². The summed E-state index contributed by atoms with van der Waals surface area (Å²) in [5.74, 6) is -0.155. The summed E-state index contributed by atoms with van der Waals surface area (Å²) in [5, 5.41) is 6.38. The maximum Gasteiger partial charge on any atom is 0.223 e. The molecule has 1 aliphatic heterocycles. The molecule has 0 radical (unpaired) electrons. The average Bonchev–Trinajstić information content (AvgIpc) is 3.24. The number of carbonyl (C=O) groups excluding carboxylic acids is 1. The summed E-state index contributed by atoms with van der Waals surface area (Å²) in [4.78, 5) is 13.3. The molecule has 35 heavy (non-hydrogen) atoms. The minimum atomic E-state index is -2.50. The number of fused-ring (bicyclic) bond motifs is 1. The Hall–Kier alpha value is -3.52. The highest BCUT2D eigenvalue weighted by Gasteiger charge is 2.24. The number of aryl methyl sites for hydroxylation is 1. The Kier molecular flexibility index (Phi) is 6.38. The van der Waals surface area contributed by atoms with E-state index in [-0.39, 0.29) is 29.3 Å². The first-order chi connectivity index (χ1) is 16.9. The molecule has 1 saturated heterocycles. The molecule has 0 atom stereocenters. The van der Waals surface area contributed by atoms with Gasteiger partial charge in [0.15, 0.2) is 5.82 Å². The molecule has 1 fully saturated rings. The van der Waals surface area contributed by atoms with Crippen LogP contribution in [-0.2, 0) is 23.4 Å². The molecule has 1 aromatic heterocycles. The molecule has 4 aromatic rings. The van der Waals surface area contributed by atoms with E-state index < -0.39 is 21.3 Å². The zero-order valence-corrected chi connectivity index (χ0v) is 20.3. The molecule has 2 heterocycles. The Morgan fingerprint density at radius 2 is 1.80 bits per heavy atom. The molecule has 5 rings (SSSR count). The van der Waals surface area contributed by atoms with Crippen LogP contribution in [-0.4, -0.2) is 31.3 Å². The Balaban J connectivity index is 1.42. The Labute approximate surface area is 203 Å². The maximum atomic E-state index is 15.4. The van der Waals surface area contributed by atoms with Crippen molar-refractivity contribution >= 4 is 32.0 Å². The number of carbonyl (C=O) groups is 1. The lowest BCUT2D eigenvalue weighted by Gasteiger charge is -2.15. The summed E-state index contributed by atoms with van der Waals surface area (Å²) < 4.78 is 40.1. The van der Waals surface area contributed by atoms with E-state index in [2.05, 4.69) is 9.46 Å². The summed E-state index contributed by atoms with van der Waals surface area (Å²) in [6.07, 6.45) is 4.02. The van der Waals surface area contributed by atoms with Gasteiger partial charge in [-0.3, -0.25) is 4.79 Å². The normalized spacial score (nSPS) is 15.1. The van der Waals surface area contributed by atoms with Gasteiger partial charge in [0.2, 0.25) is 11.7 Å². The van der Waals surface area contributed by atoms with E-state index >= 15 is 4.39 Å². The SMILES string of the molecule is Cn1ncc(C(=O)c2cccc(N=S3(=O)CCCCC3)c2F)c1OCc1ccc2ccccc2c1. The third kappa shape index (κ3) is 4.84. The second-order valence-electron chi connectivity index (χ2n) is 8.76. The number of ketones is 1. The Bertz CT molecular complexity index is 1520. The zero-order chi connectivity index (χ0) is 24.4. The van der Waals surface area contributed by atoms with E-state index in [1.807, 2.05) is 42.5 Å². The van der Waals surface area contributed by atoms with Gasteiger partial charge in [-0.25, -0.2) is 13.3 Å². The first-order valence-electron chi connectivity index (χ1n) is 11.6. The number of nitrogens with zero attached hydrogens (tertiary/aromatic N) is 3. The highest BCUT2D eigenvalue weighted by molar-refractivity contribution is 7.93. The smallest absolute Gasteiger partial charge is 0.223 e. The Morgan fingerprint density at radius 3 is 2.60 bits per heavy atom. The van der Waals surface area contributed by atoms with Crippen molar-refractivity contribution in [2.75, 3.05) is 11.5 Å². The van der Waals surface area contributed by atoms with Gasteiger partial charge in [0.1, 0.15) is 17.9 Å². The largest absolute Gasteiger partial charge is 0.472 e. The molecule has 1 aliphatic rings. The van der Waals surface area contributed by atoms with Gasteiger partial charge < -0.3 is 4.74 Å². The van der Waals surface area contributed by atoms with Gasteiger partial charge in [0, 0.05) is 18.6 Å². The van der Waals surface area contributed by atoms with Crippen LogP contribution in [0.2, 0.25) is 0 Å². The summed E-state index contributed by atoms with van der Waals surface area (Å²) in [6.45, 7) is 0.227. The minimum absolute atomic E-state index is 0.0368. The van der Waals surface area contributed by atoms with Crippen LogP contribution in [0.4, 0.5) is 10.1 Å². The highest BCUT2D eigenvalue weighted by Crippen LogP contribution is 2.29. The number of halogens is 1. The van der Waals surface area contributed by atoms with Gasteiger partial charge in [0.05, 0.1) is 21.5 Å². The fourth-order valence-electron chi connectivity index (χ4n) is 4.35. The third-order valence-corrected chi connectivity index (χ3v) is 8.62. The highest BCUT2D eigenvalue weighted by atomic mass is 32.2. The number of ether oxygens (including phenoxy) is 1. The lowest BCUT2D eigenvalue weighted by molar-refractivity contribution is 0.103. The third-order valence-electron chi connectivity index (χ3n) is 6.23. The van der Waals surface area contributed by atoms with Crippen molar-refractivity contribution in [2.45, 2.75) is 25.9 Å². The van der Waals surface area contributed by atoms with Gasteiger partial charge in [-0.2, -0.15) is 9.46 Å². The van der Waals surface area contributed by atoms with Crippen LogP contribution in [0.1, 0.15) is 40.7 Å². The molecule has 6 nitrogen and oxygen atoms in total. The number of benzene rings is 3. The van der Waals surface area contributed by atoms with E-state index in [1.54, 1.807) is 13.1 Å². The lowest BCUT2D eigenvalue weighted by atomic mass is 10.0. The van der Waals surface area contributed by atoms with Crippen LogP contribution in [0, 0.1) is 5.82 Å². The average molecular weight is 492 g/mol. The molecule has 0 bridgehead atoms. The van der Waals surface area contributed by atoms with Gasteiger partial charge >= 0.3 is 0 Å². The number of rotatable bonds is 6. The number of aromatic nitrogens is 2. The van der Waals surface area contributed by atoms with Crippen LogP contribution in [0.3, 0.4) is 0 Å². The lowest BCUT2D eigenvalue weighted by Crippen LogP contribution is -2.16. The fourth-order valence-corrected chi connectivity index (χ4v) is 6.55. The van der Waals surface area contributed by atoms with Crippen molar-refractivity contribution in [1.29, 1.82) is 0 Å². The van der Waals surface area contributed by atoms with E-state index in [1.165, 1.54) is 23.0 Å². The van der Waals surface area contributed by atoms with Crippen molar-refractivity contribution in [3.05, 3.63) is 89.4 Å². The van der Waals surface area contributed by atoms with Crippen molar-refractivity contribution in [1.82, 2.24) is 9.78 Å². The van der Waals surface area contributed by atoms with Crippen LogP contribution in [0.15, 0.2) is 71.2 Å². The van der Waals surface area contributed by atoms with E-state index in [0.29, 0.717) is 11.5 Å². The zero-order valence-electron chi connectivity index (χ0n) is 19.4. The van der Waals surface area contributed by atoms with Gasteiger partial charge in [-0.1, -0.05) is 48.9 Å². The molecule has 0 aliphatic carbocycles. The summed E-state index contributed by atoms with van der Waals surface area (Å²) in [7, 11) is -0.830. The van der Waals surface area contributed by atoms with Crippen LogP contribution in [0.25, 0.3) is 10.8 Å². The van der Waals surface area contributed by atoms with Crippen molar-refractivity contribution in [2.24, 2.45) is 11.4 Å². The topological polar surface area (TPSA) is 73.5 Å². The molecule has 3 aromatic carbocycles. The van der Waals surface area contributed by atoms with E-state index in [0.717, 1.165) is 35.6 Å². The van der Waals surface area contributed by atoms with Gasteiger partial charge in [-0.05, 0) is 47.4 Å². The molecule has 0 spiro atoms. The van der Waals surface area contributed by atoms with Crippen LogP contribution < -0.4 is 4.74 Å².